The van der Waals surface area contributed by atoms with Gasteiger partial charge in [-0.2, -0.15) is 5.10 Å². The fraction of sp³-hybridized carbons (Fsp3) is 0.286. The third kappa shape index (κ3) is 2.12. The van der Waals surface area contributed by atoms with Crippen molar-refractivity contribution in [2.45, 2.75) is 27.7 Å². The van der Waals surface area contributed by atoms with Crippen molar-refractivity contribution in [1.29, 1.82) is 0 Å². The van der Waals surface area contributed by atoms with Gasteiger partial charge in [0.15, 0.2) is 5.78 Å². The molecular weight excluding hydrogens is 292 g/mol. The number of aromatic nitrogens is 2. The molecule has 0 aliphatic carbocycles. The Labute approximate surface area is 115 Å². The molecule has 1 aromatic carbocycles. The van der Waals surface area contributed by atoms with E-state index in [0.717, 1.165) is 27.1 Å². The third-order valence-electron chi connectivity index (χ3n) is 3.22. The van der Waals surface area contributed by atoms with Crippen LogP contribution in [0.2, 0.25) is 0 Å². The van der Waals surface area contributed by atoms with Crippen molar-refractivity contribution < 1.29 is 4.79 Å². The van der Waals surface area contributed by atoms with E-state index in [1.165, 1.54) is 0 Å². The molecule has 2 rings (SSSR count). The van der Waals surface area contributed by atoms with Crippen LogP contribution in [0.4, 0.5) is 0 Å². The number of aryl methyl sites for hydroxylation is 1. The number of nitrogens with zero attached hydrogens (tertiary/aromatic N) is 2. The highest BCUT2D eigenvalue weighted by molar-refractivity contribution is 9.10. The van der Waals surface area contributed by atoms with Crippen LogP contribution in [0.25, 0.3) is 5.69 Å². The summed E-state index contributed by atoms with van der Waals surface area (Å²) in [7, 11) is 0. The van der Waals surface area contributed by atoms with Gasteiger partial charge in [0.25, 0.3) is 0 Å². The quantitative estimate of drug-likeness (QED) is 0.792. The fourth-order valence-electron chi connectivity index (χ4n) is 1.93. The molecule has 0 N–H and O–H groups in total. The fourth-order valence-corrected chi connectivity index (χ4v) is 2.28. The molecule has 0 saturated carbocycles. The zero-order valence-electron chi connectivity index (χ0n) is 10.9. The summed E-state index contributed by atoms with van der Waals surface area (Å²) in [5.74, 6) is 0.0442. The SMILES string of the molecule is CC(=O)c1ccc(Br)cc1-n1nc(C)c(C)c1C. The Morgan fingerprint density at radius 3 is 2.44 bits per heavy atom. The molecule has 0 radical (unpaired) electrons. The van der Waals surface area contributed by atoms with Gasteiger partial charge < -0.3 is 0 Å². The van der Waals surface area contributed by atoms with Crippen LogP contribution in [0.15, 0.2) is 22.7 Å². The molecule has 0 aliphatic rings. The molecule has 3 nitrogen and oxygen atoms in total. The summed E-state index contributed by atoms with van der Waals surface area (Å²) >= 11 is 3.44. The predicted molar refractivity (Wildman–Crippen MR) is 75.5 cm³/mol. The number of hydrogen-bond acceptors (Lipinski definition) is 2. The number of rotatable bonds is 2. The maximum Gasteiger partial charge on any atom is 0.161 e. The van der Waals surface area contributed by atoms with Crippen molar-refractivity contribution in [2.75, 3.05) is 0 Å². The van der Waals surface area contributed by atoms with Crippen LogP contribution in [-0.2, 0) is 0 Å². The van der Waals surface area contributed by atoms with Gasteiger partial charge in [0.05, 0.1) is 11.4 Å². The number of benzene rings is 1. The lowest BCUT2D eigenvalue weighted by molar-refractivity contribution is 0.101. The number of hydrogen-bond donors (Lipinski definition) is 0. The van der Waals surface area contributed by atoms with Gasteiger partial charge in [-0.3, -0.25) is 4.79 Å². The van der Waals surface area contributed by atoms with Crippen molar-refractivity contribution in [1.82, 2.24) is 9.78 Å². The summed E-state index contributed by atoms with van der Waals surface area (Å²) < 4.78 is 2.78. The van der Waals surface area contributed by atoms with E-state index in [1.807, 2.05) is 43.7 Å². The Bertz CT molecular complexity index is 629. The topological polar surface area (TPSA) is 34.9 Å². The lowest BCUT2D eigenvalue weighted by Crippen LogP contribution is -2.06. The van der Waals surface area contributed by atoms with Crippen LogP contribution >= 0.6 is 15.9 Å². The zero-order valence-corrected chi connectivity index (χ0v) is 12.5. The lowest BCUT2D eigenvalue weighted by atomic mass is 10.1. The van der Waals surface area contributed by atoms with E-state index in [-0.39, 0.29) is 5.78 Å². The summed E-state index contributed by atoms with van der Waals surface area (Å²) in [5.41, 5.74) is 4.72. The lowest BCUT2D eigenvalue weighted by Gasteiger charge is -2.10. The first-order chi connectivity index (χ1) is 8.41. The number of ketones is 1. The molecule has 0 aliphatic heterocycles. The molecule has 0 atom stereocenters. The molecule has 0 spiro atoms. The number of carbonyl (C=O) groups is 1. The summed E-state index contributed by atoms with van der Waals surface area (Å²) in [6.45, 7) is 7.61. The van der Waals surface area contributed by atoms with E-state index in [0.29, 0.717) is 5.56 Å². The first-order valence-corrected chi connectivity index (χ1v) is 6.54. The minimum absolute atomic E-state index is 0.0442. The van der Waals surface area contributed by atoms with E-state index in [9.17, 15) is 4.79 Å². The van der Waals surface area contributed by atoms with E-state index in [1.54, 1.807) is 6.92 Å². The molecule has 0 amide bonds. The highest BCUT2D eigenvalue weighted by Crippen LogP contribution is 2.24. The molecule has 1 aromatic heterocycles. The maximum atomic E-state index is 11.7. The minimum Gasteiger partial charge on any atom is -0.294 e. The zero-order chi connectivity index (χ0) is 13.4. The van der Waals surface area contributed by atoms with Crippen molar-refractivity contribution in [2.24, 2.45) is 0 Å². The number of Topliss-reactive ketones (excluding diaryl/α,β-unsaturated/α-hetero) is 1. The van der Waals surface area contributed by atoms with Crippen LogP contribution in [0.5, 0.6) is 0 Å². The molecule has 1 heterocycles. The van der Waals surface area contributed by atoms with Crippen LogP contribution in [-0.4, -0.2) is 15.6 Å². The molecule has 0 saturated heterocycles. The number of halogens is 1. The van der Waals surface area contributed by atoms with Gasteiger partial charge in [-0.05, 0) is 51.5 Å². The summed E-state index contributed by atoms with van der Waals surface area (Å²) in [4.78, 5) is 11.7. The standard InChI is InChI=1S/C14H15BrN2O/c1-8-9(2)16-17(10(8)3)14-7-12(15)5-6-13(14)11(4)18/h5-7H,1-4H3. The molecule has 94 valence electrons. The van der Waals surface area contributed by atoms with Crippen molar-refractivity contribution in [3.63, 3.8) is 0 Å². The smallest absolute Gasteiger partial charge is 0.161 e. The largest absolute Gasteiger partial charge is 0.294 e. The van der Waals surface area contributed by atoms with Crippen molar-refractivity contribution >= 4 is 21.7 Å². The van der Waals surface area contributed by atoms with Gasteiger partial charge in [-0.25, -0.2) is 4.68 Å². The predicted octanol–water partition coefficient (Wildman–Crippen LogP) is 3.76. The van der Waals surface area contributed by atoms with Gasteiger partial charge in [0.1, 0.15) is 0 Å². The number of carbonyl (C=O) groups excluding carboxylic acids is 1. The van der Waals surface area contributed by atoms with E-state index in [2.05, 4.69) is 21.0 Å². The van der Waals surface area contributed by atoms with Crippen LogP contribution in [0.3, 0.4) is 0 Å². The van der Waals surface area contributed by atoms with Crippen LogP contribution in [0, 0.1) is 20.8 Å². The second kappa shape index (κ2) is 4.69. The Hall–Kier alpha value is -1.42. The second-order valence-corrected chi connectivity index (χ2v) is 5.34. The molecule has 2 aromatic rings. The van der Waals surface area contributed by atoms with Crippen LogP contribution in [0.1, 0.15) is 34.2 Å². The average Bonchev–Trinajstić information content (AvgIpc) is 2.56. The van der Waals surface area contributed by atoms with Gasteiger partial charge in [0, 0.05) is 15.7 Å². The van der Waals surface area contributed by atoms with Gasteiger partial charge in [-0.1, -0.05) is 15.9 Å². The monoisotopic (exact) mass is 306 g/mol. The maximum absolute atomic E-state index is 11.7. The van der Waals surface area contributed by atoms with Gasteiger partial charge >= 0.3 is 0 Å². The molecule has 0 unspecified atom stereocenters. The van der Waals surface area contributed by atoms with Crippen molar-refractivity contribution in [3.8, 4) is 5.69 Å². The Morgan fingerprint density at radius 2 is 1.94 bits per heavy atom. The van der Waals surface area contributed by atoms with E-state index >= 15 is 0 Å². The molecule has 0 fully saturated rings. The summed E-state index contributed by atoms with van der Waals surface area (Å²) in [5, 5.41) is 4.51. The van der Waals surface area contributed by atoms with Crippen molar-refractivity contribution in [3.05, 3.63) is 45.2 Å². The van der Waals surface area contributed by atoms with Gasteiger partial charge in [-0.15, -0.1) is 0 Å². The van der Waals surface area contributed by atoms with E-state index < -0.39 is 0 Å². The summed E-state index contributed by atoms with van der Waals surface area (Å²) in [6.07, 6.45) is 0. The third-order valence-corrected chi connectivity index (χ3v) is 3.71. The molecule has 18 heavy (non-hydrogen) atoms. The van der Waals surface area contributed by atoms with Crippen LogP contribution < -0.4 is 0 Å². The Morgan fingerprint density at radius 1 is 1.28 bits per heavy atom. The Balaban J connectivity index is 2.73. The molecule has 0 bridgehead atoms. The first kappa shape index (κ1) is 13.0. The highest BCUT2D eigenvalue weighted by Gasteiger charge is 2.14. The van der Waals surface area contributed by atoms with E-state index in [4.69, 9.17) is 0 Å². The second-order valence-electron chi connectivity index (χ2n) is 4.43. The highest BCUT2D eigenvalue weighted by atomic mass is 79.9. The minimum atomic E-state index is 0.0442. The first-order valence-electron chi connectivity index (χ1n) is 5.75. The van der Waals surface area contributed by atoms with Gasteiger partial charge in [0.2, 0.25) is 0 Å². The molecular formula is C14H15BrN2O. The molecule has 4 heteroatoms. The average molecular weight is 307 g/mol. The normalized spacial score (nSPS) is 10.7. The summed E-state index contributed by atoms with van der Waals surface area (Å²) in [6, 6.07) is 5.63. The Kier molecular flexibility index (Phi) is 3.39.